The molecule has 33 heavy (non-hydrogen) atoms. The van der Waals surface area contributed by atoms with Crippen molar-refractivity contribution in [1.82, 2.24) is 24.6 Å². The second kappa shape index (κ2) is 9.61. The second-order valence-corrected chi connectivity index (χ2v) is 9.64. The maximum atomic E-state index is 12.5. The lowest BCUT2D eigenvalue weighted by Gasteiger charge is -2.34. The van der Waals surface area contributed by atoms with Crippen molar-refractivity contribution in [3.05, 3.63) is 42.4 Å². The van der Waals surface area contributed by atoms with Crippen LogP contribution in [0.15, 0.2) is 36.7 Å². The number of nitrogens with zero attached hydrogens (tertiary/aromatic N) is 5. The minimum Gasteiger partial charge on any atom is -0.310 e. The van der Waals surface area contributed by atoms with E-state index in [2.05, 4.69) is 43.4 Å². The van der Waals surface area contributed by atoms with Crippen molar-refractivity contribution in [2.75, 3.05) is 32.0 Å². The van der Waals surface area contributed by atoms with E-state index in [0.29, 0.717) is 18.4 Å². The fraction of sp³-hybridized carbons (Fsp3) is 0.500. The van der Waals surface area contributed by atoms with Crippen molar-refractivity contribution < 1.29 is 4.79 Å². The first kappa shape index (κ1) is 22.0. The Labute approximate surface area is 195 Å². The first-order chi connectivity index (χ1) is 16.1. The summed E-state index contributed by atoms with van der Waals surface area (Å²) in [5.74, 6) is 0.592. The molecule has 1 aromatic carbocycles. The molecule has 1 aliphatic carbocycles. The van der Waals surface area contributed by atoms with Gasteiger partial charge in [-0.1, -0.05) is 25.0 Å². The Kier molecular flexibility index (Phi) is 6.42. The zero-order chi connectivity index (χ0) is 22.8. The van der Waals surface area contributed by atoms with Gasteiger partial charge in [0.05, 0.1) is 18.4 Å². The van der Waals surface area contributed by atoms with Gasteiger partial charge in [-0.25, -0.2) is 4.98 Å². The molecule has 2 fully saturated rings. The number of anilines is 1. The lowest BCUT2D eigenvalue weighted by Crippen LogP contribution is -2.41. The number of aryl methyl sites for hydroxylation is 1. The Morgan fingerprint density at radius 3 is 2.67 bits per heavy atom. The van der Waals surface area contributed by atoms with Crippen LogP contribution in [0.1, 0.15) is 44.2 Å². The Hall–Kier alpha value is -2.77. The molecule has 1 N–H and O–H groups in total. The average Bonchev–Trinajstić information content (AvgIpc) is 3.12. The number of pyridine rings is 1. The van der Waals surface area contributed by atoms with Crippen LogP contribution in [0, 0.1) is 0 Å². The van der Waals surface area contributed by atoms with Crippen molar-refractivity contribution in [3.63, 3.8) is 0 Å². The van der Waals surface area contributed by atoms with E-state index in [4.69, 9.17) is 0 Å². The maximum Gasteiger partial charge on any atom is 0.239 e. The van der Waals surface area contributed by atoms with Gasteiger partial charge < -0.3 is 5.32 Å². The Morgan fingerprint density at radius 1 is 1.09 bits per heavy atom. The molecule has 0 bridgehead atoms. The molecule has 1 aliphatic heterocycles. The van der Waals surface area contributed by atoms with Crippen LogP contribution in [-0.2, 0) is 18.4 Å². The number of hydrogen-bond donors (Lipinski definition) is 1. The number of benzene rings is 1. The number of piperidine rings is 1. The summed E-state index contributed by atoms with van der Waals surface area (Å²) < 4.78 is 2.00. The van der Waals surface area contributed by atoms with Crippen LogP contribution in [0.25, 0.3) is 21.9 Å². The number of likely N-dealkylation sites (tertiary alicyclic amines) is 1. The summed E-state index contributed by atoms with van der Waals surface area (Å²) in [6, 6.07) is 8.95. The summed E-state index contributed by atoms with van der Waals surface area (Å²) in [4.78, 5) is 21.7. The third-order valence-electron chi connectivity index (χ3n) is 7.27. The van der Waals surface area contributed by atoms with Crippen molar-refractivity contribution >= 4 is 22.5 Å². The first-order valence-corrected chi connectivity index (χ1v) is 12.2. The van der Waals surface area contributed by atoms with Crippen LogP contribution in [0.4, 0.5) is 5.82 Å². The van der Waals surface area contributed by atoms with E-state index in [0.717, 1.165) is 36.0 Å². The van der Waals surface area contributed by atoms with Crippen LogP contribution in [0.2, 0.25) is 0 Å². The van der Waals surface area contributed by atoms with Crippen molar-refractivity contribution in [1.29, 1.82) is 0 Å². The van der Waals surface area contributed by atoms with Crippen molar-refractivity contribution in [2.24, 2.45) is 7.05 Å². The normalized spacial score (nSPS) is 17.4. The highest BCUT2D eigenvalue weighted by Gasteiger charge is 2.23. The lowest BCUT2D eigenvalue weighted by molar-refractivity contribution is -0.117. The monoisotopic (exact) mass is 446 g/mol. The molecule has 1 saturated heterocycles. The van der Waals surface area contributed by atoms with Gasteiger partial charge in [-0.15, -0.1) is 0 Å². The number of hydrogen-bond acceptors (Lipinski definition) is 5. The Balaban J connectivity index is 1.34. The summed E-state index contributed by atoms with van der Waals surface area (Å²) in [7, 11) is 4.06. The topological polar surface area (TPSA) is 66.3 Å². The molecule has 7 heteroatoms. The molecule has 0 unspecified atom stereocenters. The molecule has 174 valence electrons. The molecular weight excluding hydrogens is 412 g/mol. The Bertz CT molecular complexity index is 1130. The highest BCUT2D eigenvalue weighted by molar-refractivity contribution is 5.95. The summed E-state index contributed by atoms with van der Waals surface area (Å²) in [6.45, 7) is 3.65. The molecule has 2 aromatic heterocycles. The number of amides is 1. The van der Waals surface area contributed by atoms with E-state index in [1.165, 1.54) is 49.8 Å². The van der Waals surface area contributed by atoms with Gasteiger partial charge in [0, 0.05) is 36.8 Å². The molecule has 1 amide bonds. The van der Waals surface area contributed by atoms with Gasteiger partial charge in [-0.3, -0.25) is 19.3 Å². The minimum absolute atomic E-state index is 0.0107. The van der Waals surface area contributed by atoms with Gasteiger partial charge in [-0.2, -0.15) is 5.10 Å². The molecule has 3 aromatic rings. The van der Waals surface area contributed by atoms with E-state index in [1.54, 1.807) is 0 Å². The quantitative estimate of drug-likeness (QED) is 0.593. The number of carbonyl (C=O) groups is 1. The van der Waals surface area contributed by atoms with E-state index < -0.39 is 0 Å². The fourth-order valence-corrected chi connectivity index (χ4v) is 4.96. The summed E-state index contributed by atoms with van der Waals surface area (Å²) in [5, 5.41) is 9.67. The minimum atomic E-state index is -0.0107. The molecule has 0 radical (unpaired) electrons. The smallest absolute Gasteiger partial charge is 0.239 e. The standard InChI is InChI=1S/C26H34N6O/c1-30(22-7-6-8-22)18-26(33)29-25-14-21-13-19(9-10-20(21)15-27-25)23-16-28-31(2)24(23)17-32-11-4-3-5-12-32/h9-10,13-16,22H,3-8,11-12,17-18H2,1-2H3,(H,27,29,33). The number of carbonyl (C=O) groups excluding carboxylic acids is 1. The molecule has 1 saturated carbocycles. The third-order valence-corrected chi connectivity index (χ3v) is 7.27. The summed E-state index contributed by atoms with van der Waals surface area (Å²) in [6.07, 6.45) is 11.3. The molecule has 7 nitrogen and oxygen atoms in total. The first-order valence-electron chi connectivity index (χ1n) is 12.2. The SMILES string of the molecule is CN(CC(=O)Nc1cc2cc(-c3cnn(C)c3CN3CCCCC3)ccc2cn1)C1CCC1. The molecule has 0 atom stereocenters. The Morgan fingerprint density at radius 2 is 1.91 bits per heavy atom. The van der Waals surface area contributed by atoms with Gasteiger partial charge in [0.15, 0.2) is 0 Å². The highest BCUT2D eigenvalue weighted by atomic mass is 16.2. The third kappa shape index (κ3) is 4.94. The van der Waals surface area contributed by atoms with E-state index in [9.17, 15) is 4.79 Å². The van der Waals surface area contributed by atoms with Crippen LogP contribution >= 0.6 is 0 Å². The lowest BCUT2D eigenvalue weighted by atomic mass is 9.92. The van der Waals surface area contributed by atoms with Gasteiger partial charge in [-0.05, 0) is 68.9 Å². The van der Waals surface area contributed by atoms with Crippen molar-refractivity contribution in [3.8, 4) is 11.1 Å². The van der Waals surface area contributed by atoms with Gasteiger partial charge in [0.25, 0.3) is 0 Å². The number of fused-ring (bicyclic) bond motifs is 1. The van der Waals surface area contributed by atoms with Crippen molar-refractivity contribution in [2.45, 2.75) is 51.1 Å². The number of rotatable bonds is 7. The predicted molar refractivity (Wildman–Crippen MR) is 132 cm³/mol. The van der Waals surface area contributed by atoms with E-state index in [-0.39, 0.29) is 5.91 Å². The van der Waals surface area contributed by atoms with Gasteiger partial charge in [0.1, 0.15) is 5.82 Å². The number of nitrogens with one attached hydrogen (secondary N) is 1. The van der Waals surface area contributed by atoms with Crippen LogP contribution in [0.5, 0.6) is 0 Å². The van der Waals surface area contributed by atoms with Gasteiger partial charge in [0.2, 0.25) is 5.91 Å². The second-order valence-electron chi connectivity index (χ2n) is 9.64. The molecule has 5 rings (SSSR count). The number of aromatic nitrogens is 3. The van der Waals surface area contributed by atoms with E-state index >= 15 is 0 Å². The average molecular weight is 447 g/mol. The molecule has 2 aliphatic rings. The molecule has 0 spiro atoms. The highest BCUT2D eigenvalue weighted by Crippen LogP contribution is 2.29. The van der Waals surface area contributed by atoms with Crippen LogP contribution < -0.4 is 5.32 Å². The molecular formula is C26H34N6O. The zero-order valence-corrected chi connectivity index (χ0v) is 19.8. The largest absolute Gasteiger partial charge is 0.310 e. The van der Waals surface area contributed by atoms with Crippen LogP contribution in [-0.4, -0.2) is 63.2 Å². The van der Waals surface area contributed by atoms with E-state index in [1.807, 2.05) is 37.2 Å². The maximum absolute atomic E-state index is 12.5. The molecule has 3 heterocycles. The number of likely N-dealkylation sites (N-methyl/N-ethyl adjacent to an activating group) is 1. The summed E-state index contributed by atoms with van der Waals surface area (Å²) in [5.41, 5.74) is 3.57. The van der Waals surface area contributed by atoms with Crippen LogP contribution in [0.3, 0.4) is 0 Å². The van der Waals surface area contributed by atoms with Gasteiger partial charge >= 0.3 is 0 Å². The fourth-order valence-electron chi connectivity index (χ4n) is 4.96. The summed E-state index contributed by atoms with van der Waals surface area (Å²) >= 11 is 0. The zero-order valence-electron chi connectivity index (χ0n) is 19.8. The predicted octanol–water partition coefficient (Wildman–Crippen LogP) is 4.04.